The van der Waals surface area contributed by atoms with Crippen molar-refractivity contribution in [1.82, 2.24) is 14.7 Å². The molecular formula is C70H72N4O13S3. The third kappa shape index (κ3) is 15.8. The molecule has 0 unspecified atom stereocenters. The first kappa shape index (κ1) is 68.0. The molecule has 17 nitrogen and oxygen atoms in total. The van der Waals surface area contributed by atoms with Crippen LogP contribution in [0.4, 0.5) is 5.69 Å². The van der Waals surface area contributed by atoms with Crippen LogP contribution in [0.25, 0.3) is 24.3 Å². The van der Waals surface area contributed by atoms with Crippen LogP contribution in [0, 0.1) is 18.8 Å². The first-order chi connectivity index (χ1) is 43.0. The Bertz CT molecular complexity index is 3800. The molecule has 6 aromatic rings. The molecule has 0 N–H and O–H groups in total. The van der Waals surface area contributed by atoms with E-state index >= 15 is 0 Å². The van der Waals surface area contributed by atoms with Gasteiger partial charge < -0.3 is 38.1 Å². The molecular weight excluding hydrogens is 1200 g/mol. The fourth-order valence-electron chi connectivity index (χ4n) is 10.1. The van der Waals surface area contributed by atoms with Gasteiger partial charge in [0.2, 0.25) is 0 Å². The molecule has 0 saturated carbocycles. The topological polar surface area (TPSA) is 200 Å². The number of anilines is 1. The van der Waals surface area contributed by atoms with E-state index in [1.807, 2.05) is 142 Å². The molecule has 0 radical (unpaired) electrons. The molecule has 0 bridgehead atoms. The smallest absolute Gasteiger partial charge is 0.340 e. The number of methoxy groups -OCH3 is 4. The van der Waals surface area contributed by atoms with Crippen molar-refractivity contribution in [3.05, 3.63) is 224 Å². The van der Waals surface area contributed by atoms with E-state index in [0.29, 0.717) is 105 Å². The molecule has 20 heteroatoms. The number of allylic oxidation sites excluding steroid dienone is 4. The summed E-state index contributed by atoms with van der Waals surface area (Å²) in [4.78, 5) is 109. The van der Waals surface area contributed by atoms with Gasteiger partial charge in [-0.25, -0.2) is 19.2 Å². The summed E-state index contributed by atoms with van der Waals surface area (Å²) in [5.41, 5.74) is 8.11. The summed E-state index contributed by atoms with van der Waals surface area (Å²) in [7, 11) is 5.30. The van der Waals surface area contributed by atoms with Crippen molar-refractivity contribution >= 4 is 112 Å². The Morgan fingerprint density at radius 1 is 0.456 bits per heavy atom. The molecule has 8 heterocycles. The molecule has 90 heavy (non-hydrogen) atoms. The summed E-state index contributed by atoms with van der Waals surface area (Å²) < 4.78 is 24.7. The number of hydrogen-bond donors (Lipinski definition) is 0. The zero-order valence-corrected chi connectivity index (χ0v) is 55.0. The highest BCUT2D eigenvalue weighted by atomic mass is 32.1. The van der Waals surface area contributed by atoms with Crippen LogP contribution in [0.2, 0.25) is 0 Å². The SMILES string of the molecule is COC(=O)C1=C(C)N(CC(C)C)C(=O)/C1=C\c1ccco1.COC(=O)C1=C(C)N(CC(C)C)C(=O)/C1=C\c1cccs1.COC(=O)C1=C(C)N(Cc2ccccc2)C(=O)/C1=C\c1cccs1.COC(=O)C1=C(C)N(c2cccc(C)c2)C(=O)/C1=C\c1cccs1. The van der Waals surface area contributed by atoms with E-state index in [1.165, 1.54) is 68.7 Å². The van der Waals surface area contributed by atoms with Crippen molar-refractivity contribution in [2.24, 2.45) is 11.8 Å². The standard InChI is InChI=1S/2C19H17NO3S.C16H19NO4.C16H19NO3S/c1-12-6-4-7-14(10-12)20-13(2)17(19(22)23-3)16(18(20)21)11-15-8-5-9-24-15;1-13-17(19(22)23-2)16(11-15-9-6-10-24-15)18(21)20(13)12-14-7-4-3-5-8-14;2*1-10(2)9-17-11(3)14(16(19)20-4)13(15(17)18)8-12-6-5-7-21-12/h4-11H,1-3H3;3-11H,12H2,1-2H3;2*5-8,10H,9H2,1-4H3/b2*16-11-;2*13-8-. The number of furan rings is 1. The quantitative estimate of drug-likeness (QED) is 0.0535. The number of carbonyl (C=O) groups excluding carboxylic acids is 8. The third-order valence-electron chi connectivity index (χ3n) is 14.4. The molecule has 0 saturated heterocycles. The van der Waals surface area contributed by atoms with Crippen molar-refractivity contribution in [3.8, 4) is 0 Å². The average Bonchev–Trinajstić information content (AvgIpc) is 1.75. The molecule has 468 valence electrons. The third-order valence-corrected chi connectivity index (χ3v) is 16.8. The average molecular weight is 1270 g/mol. The van der Waals surface area contributed by atoms with Gasteiger partial charge in [0.15, 0.2) is 0 Å². The van der Waals surface area contributed by atoms with Crippen molar-refractivity contribution < 1.29 is 61.7 Å². The maximum Gasteiger partial charge on any atom is 0.340 e. The van der Waals surface area contributed by atoms with Crippen molar-refractivity contribution in [2.45, 2.75) is 68.9 Å². The number of esters is 4. The first-order valence-electron chi connectivity index (χ1n) is 28.6. The largest absolute Gasteiger partial charge is 0.465 e. The number of carbonyl (C=O) groups is 8. The van der Waals surface area contributed by atoms with Gasteiger partial charge in [0.25, 0.3) is 23.6 Å². The van der Waals surface area contributed by atoms with Crippen LogP contribution in [0.3, 0.4) is 0 Å². The summed E-state index contributed by atoms with van der Waals surface area (Å²) in [5.74, 6) is -1.53. The van der Waals surface area contributed by atoms with E-state index in [9.17, 15) is 38.4 Å². The Labute approximate surface area is 536 Å². The molecule has 10 rings (SSSR count). The van der Waals surface area contributed by atoms with Crippen LogP contribution in [0.5, 0.6) is 0 Å². The molecule has 2 aromatic carbocycles. The van der Waals surface area contributed by atoms with Crippen molar-refractivity contribution in [3.63, 3.8) is 0 Å². The zero-order chi connectivity index (χ0) is 65.5. The number of amides is 4. The molecule has 4 amide bonds. The van der Waals surface area contributed by atoms with Gasteiger partial charge in [-0.1, -0.05) is 88.4 Å². The van der Waals surface area contributed by atoms with Crippen LogP contribution in [0.15, 0.2) is 197 Å². The van der Waals surface area contributed by atoms with Crippen LogP contribution in [0.1, 0.15) is 86.9 Å². The number of ether oxygens (including phenoxy) is 4. The van der Waals surface area contributed by atoms with Gasteiger partial charge in [-0.05, 0) is 140 Å². The summed E-state index contributed by atoms with van der Waals surface area (Å²) in [6, 6.07) is 32.3. The minimum atomic E-state index is -0.509. The highest BCUT2D eigenvalue weighted by Crippen LogP contribution is 2.38. The molecule has 0 spiro atoms. The second-order valence-electron chi connectivity index (χ2n) is 21.6. The Kier molecular flexibility index (Phi) is 23.5. The van der Waals surface area contributed by atoms with Gasteiger partial charge in [0.05, 0.1) is 85.8 Å². The Morgan fingerprint density at radius 3 is 1.23 bits per heavy atom. The minimum absolute atomic E-state index is 0.130. The predicted octanol–water partition coefficient (Wildman–Crippen LogP) is 13.2. The van der Waals surface area contributed by atoms with E-state index in [0.717, 1.165) is 31.4 Å². The first-order valence-corrected chi connectivity index (χ1v) is 31.3. The summed E-state index contributed by atoms with van der Waals surface area (Å²) in [6.07, 6.45) is 8.37. The Balaban J connectivity index is 0.000000171. The van der Waals surface area contributed by atoms with Gasteiger partial charge in [-0.2, -0.15) is 0 Å². The van der Waals surface area contributed by atoms with Crippen LogP contribution < -0.4 is 4.90 Å². The number of rotatable bonds is 15. The predicted molar refractivity (Wildman–Crippen MR) is 351 cm³/mol. The number of benzene rings is 2. The highest BCUT2D eigenvalue weighted by Gasteiger charge is 2.41. The van der Waals surface area contributed by atoms with Crippen molar-refractivity contribution in [1.29, 1.82) is 0 Å². The van der Waals surface area contributed by atoms with E-state index < -0.39 is 23.9 Å². The van der Waals surface area contributed by atoms with Crippen LogP contribution in [-0.2, 0) is 63.8 Å². The van der Waals surface area contributed by atoms with Gasteiger partial charge in [-0.3, -0.25) is 24.1 Å². The lowest BCUT2D eigenvalue weighted by molar-refractivity contribution is -0.136. The molecule has 4 aliphatic heterocycles. The van der Waals surface area contributed by atoms with E-state index in [2.05, 4.69) is 0 Å². The van der Waals surface area contributed by atoms with Crippen LogP contribution in [-0.4, -0.2) is 104 Å². The summed E-state index contributed by atoms with van der Waals surface area (Å²) >= 11 is 4.56. The normalized spacial score (nSPS) is 16.7. The highest BCUT2D eigenvalue weighted by molar-refractivity contribution is 7.11. The fraction of sp³-hybridized carbons (Fsp3) is 0.257. The number of aryl methyl sites for hydroxylation is 1. The van der Waals surface area contributed by atoms with Gasteiger partial charge in [0.1, 0.15) is 5.76 Å². The van der Waals surface area contributed by atoms with Gasteiger partial charge in [0, 0.05) is 56.2 Å². The number of hydrogen-bond acceptors (Lipinski definition) is 16. The number of nitrogens with zero attached hydrogens (tertiary/aromatic N) is 4. The second-order valence-corrected chi connectivity index (χ2v) is 24.5. The molecule has 4 aromatic heterocycles. The lowest BCUT2D eigenvalue weighted by atomic mass is 10.1. The Morgan fingerprint density at radius 2 is 0.856 bits per heavy atom. The van der Waals surface area contributed by atoms with E-state index in [-0.39, 0.29) is 23.6 Å². The monoisotopic (exact) mass is 1270 g/mol. The maximum atomic E-state index is 13.0. The van der Waals surface area contributed by atoms with Crippen molar-refractivity contribution in [2.75, 3.05) is 46.4 Å². The molecule has 4 aliphatic rings. The molecule has 0 fully saturated rings. The van der Waals surface area contributed by atoms with E-state index in [4.69, 9.17) is 23.4 Å². The fourth-order valence-corrected chi connectivity index (χ4v) is 12.1. The molecule has 0 atom stereocenters. The van der Waals surface area contributed by atoms with E-state index in [1.54, 1.807) is 83.7 Å². The van der Waals surface area contributed by atoms with Crippen LogP contribution >= 0.6 is 34.0 Å². The maximum absolute atomic E-state index is 13.0. The van der Waals surface area contributed by atoms with Gasteiger partial charge in [-0.15, -0.1) is 34.0 Å². The second kappa shape index (κ2) is 31.1. The Hall–Kier alpha value is -9.50. The van der Waals surface area contributed by atoms with Gasteiger partial charge >= 0.3 is 23.9 Å². The summed E-state index contributed by atoms with van der Waals surface area (Å²) in [5, 5.41) is 5.80. The molecule has 0 aliphatic carbocycles. The lowest BCUT2D eigenvalue weighted by Gasteiger charge is -2.19. The zero-order valence-electron chi connectivity index (χ0n) is 52.5. The summed E-state index contributed by atoms with van der Waals surface area (Å²) in [6.45, 7) is 18.8. The number of thiophene rings is 3. The lowest BCUT2D eigenvalue weighted by Crippen LogP contribution is -2.28. The minimum Gasteiger partial charge on any atom is -0.465 e.